The van der Waals surface area contributed by atoms with E-state index in [9.17, 15) is 5.11 Å². The van der Waals surface area contributed by atoms with Crippen LogP contribution in [0.5, 0.6) is 5.75 Å². The summed E-state index contributed by atoms with van der Waals surface area (Å²) in [5.74, 6) is 0.912. The van der Waals surface area contributed by atoms with Crippen LogP contribution < -0.4 is 4.43 Å². The van der Waals surface area contributed by atoms with Crippen LogP contribution in [-0.2, 0) is 6.61 Å². The lowest BCUT2D eigenvalue weighted by Gasteiger charge is -2.36. The number of aliphatic hydroxyl groups excluding tert-OH is 1. The van der Waals surface area contributed by atoms with Gasteiger partial charge in [-0.1, -0.05) is 20.8 Å². The smallest absolute Gasteiger partial charge is 0.250 e. The molecule has 4 nitrogen and oxygen atoms in total. The standard InChI is InChI=1S/C17H26N2O2Si/c1-13-16(11-20)18-12-19(13)14-7-9-15(10-8-14)21-22(5,6)17(2,3)4/h7-10,12,20H,11H2,1-6H3. The maximum absolute atomic E-state index is 9.24. The van der Waals surface area contributed by atoms with Gasteiger partial charge in [-0.05, 0) is 49.3 Å². The third-order valence-electron chi connectivity index (χ3n) is 4.55. The van der Waals surface area contributed by atoms with Gasteiger partial charge in [-0.3, -0.25) is 0 Å². The molecule has 0 atom stereocenters. The van der Waals surface area contributed by atoms with Gasteiger partial charge in [0.1, 0.15) is 5.75 Å². The molecular formula is C17H26N2O2Si. The number of aliphatic hydroxyl groups is 1. The Morgan fingerprint density at radius 1 is 1.18 bits per heavy atom. The predicted octanol–water partition coefficient (Wildman–Crippen LogP) is 4.06. The Morgan fingerprint density at radius 3 is 2.23 bits per heavy atom. The van der Waals surface area contributed by atoms with Crippen molar-refractivity contribution in [2.24, 2.45) is 0 Å². The van der Waals surface area contributed by atoms with Gasteiger partial charge < -0.3 is 14.1 Å². The van der Waals surface area contributed by atoms with Crippen LogP contribution in [-0.4, -0.2) is 23.0 Å². The van der Waals surface area contributed by atoms with Crippen molar-refractivity contribution in [1.82, 2.24) is 9.55 Å². The lowest BCUT2D eigenvalue weighted by Crippen LogP contribution is -2.43. The molecule has 0 spiro atoms. The number of aromatic nitrogens is 2. The first-order valence-electron chi connectivity index (χ1n) is 7.59. The fourth-order valence-corrected chi connectivity index (χ4v) is 3.02. The summed E-state index contributed by atoms with van der Waals surface area (Å²) in [6, 6.07) is 8.07. The highest BCUT2D eigenvalue weighted by Gasteiger charge is 2.38. The highest BCUT2D eigenvalue weighted by Crippen LogP contribution is 2.37. The second kappa shape index (κ2) is 5.89. The van der Waals surface area contributed by atoms with E-state index in [1.807, 2.05) is 35.8 Å². The number of rotatable bonds is 4. The van der Waals surface area contributed by atoms with Gasteiger partial charge in [0.05, 0.1) is 18.6 Å². The Labute approximate surface area is 133 Å². The number of benzene rings is 1. The van der Waals surface area contributed by atoms with Crippen molar-refractivity contribution in [2.75, 3.05) is 0 Å². The zero-order valence-electron chi connectivity index (χ0n) is 14.3. The molecule has 1 aromatic heterocycles. The summed E-state index contributed by atoms with van der Waals surface area (Å²) in [4.78, 5) is 4.21. The molecule has 0 saturated heterocycles. The van der Waals surface area contributed by atoms with Crippen LogP contribution in [0.4, 0.5) is 0 Å². The zero-order valence-corrected chi connectivity index (χ0v) is 15.3. The monoisotopic (exact) mass is 318 g/mol. The molecule has 0 unspecified atom stereocenters. The largest absolute Gasteiger partial charge is 0.544 e. The molecule has 0 bridgehead atoms. The Bertz CT molecular complexity index is 640. The van der Waals surface area contributed by atoms with Crippen molar-refractivity contribution in [2.45, 2.75) is 52.4 Å². The first-order valence-corrected chi connectivity index (χ1v) is 10.5. The van der Waals surface area contributed by atoms with Gasteiger partial charge in [0.25, 0.3) is 0 Å². The summed E-state index contributed by atoms with van der Waals surface area (Å²) in [6.07, 6.45) is 1.74. The number of hydrogen-bond acceptors (Lipinski definition) is 3. The van der Waals surface area contributed by atoms with E-state index in [1.54, 1.807) is 6.33 Å². The molecule has 22 heavy (non-hydrogen) atoms. The van der Waals surface area contributed by atoms with Gasteiger partial charge in [-0.25, -0.2) is 4.98 Å². The summed E-state index contributed by atoms with van der Waals surface area (Å²) < 4.78 is 8.26. The molecule has 0 fully saturated rings. The number of imidazole rings is 1. The Hall–Kier alpha value is -1.59. The van der Waals surface area contributed by atoms with E-state index in [0.29, 0.717) is 5.69 Å². The first kappa shape index (κ1) is 16.8. The molecule has 0 aliphatic heterocycles. The molecule has 5 heteroatoms. The lowest BCUT2D eigenvalue weighted by atomic mass is 10.2. The van der Waals surface area contributed by atoms with E-state index in [1.165, 1.54) is 0 Å². The fourth-order valence-electron chi connectivity index (χ4n) is 1.98. The summed E-state index contributed by atoms with van der Waals surface area (Å²) in [5, 5.41) is 9.42. The molecule has 0 amide bonds. The molecule has 1 heterocycles. The van der Waals surface area contributed by atoms with Crippen LogP contribution in [0, 0.1) is 6.92 Å². The zero-order chi connectivity index (χ0) is 16.5. The second-order valence-corrected chi connectivity index (χ2v) is 11.9. The van der Waals surface area contributed by atoms with Gasteiger partial charge in [-0.2, -0.15) is 0 Å². The number of hydrogen-bond donors (Lipinski definition) is 1. The second-order valence-electron chi connectivity index (χ2n) is 7.16. The third kappa shape index (κ3) is 3.25. The van der Waals surface area contributed by atoms with E-state index in [-0.39, 0.29) is 11.6 Å². The topological polar surface area (TPSA) is 47.3 Å². The van der Waals surface area contributed by atoms with Crippen molar-refractivity contribution in [1.29, 1.82) is 0 Å². The average Bonchev–Trinajstić information content (AvgIpc) is 2.79. The van der Waals surface area contributed by atoms with Gasteiger partial charge in [0.2, 0.25) is 8.32 Å². The molecule has 0 aliphatic carbocycles. The Morgan fingerprint density at radius 2 is 1.77 bits per heavy atom. The van der Waals surface area contributed by atoms with E-state index >= 15 is 0 Å². The average molecular weight is 318 g/mol. The molecular weight excluding hydrogens is 292 g/mol. The minimum atomic E-state index is -1.81. The van der Waals surface area contributed by atoms with Crippen molar-refractivity contribution in [3.05, 3.63) is 42.0 Å². The van der Waals surface area contributed by atoms with E-state index in [4.69, 9.17) is 4.43 Å². The van der Waals surface area contributed by atoms with Crippen LogP contribution in [0.25, 0.3) is 5.69 Å². The predicted molar refractivity (Wildman–Crippen MR) is 92.0 cm³/mol. The van der Waals surface area contributed by atoms with Crippen LogP contribution in [0.1, 0.15) is 32.2 Å². The molecule has 0 aliphatic rings. The summed E-state index contributed by atoms with van der Waals surface area (Å²) in [7, 11) is -1.81. The first-order chi connectivity index (χ1) is 10.2. The maximum Gasteiger partial charge on any atom is 0.250 e. The van der Waals surface area contributed by atoms with Gasteiger partial charge in [0, 0.05) is 11.4 Å². The Balaban J connectivity index is 2.22. The molecule has 120 valence electrons. The molecule has 2 rings (SSSR count). The highest BCUT2D eigenvalue weighted by molar-refractivity contribution is 6.74. The van der Waals surface area contributed by atoms with Crippen molar-refractivity contribution in [3.8, 4) is 11.4 Å². The minimum Gasteiger partial charge on any atom is -0.544 e. The summed E-state index contributed by atoms with van der Waals surface area (Å²) >= 11 is 0. The van der Waals surface area contributed by atoms with Crippen LogP contribution in [0.2, 0.25) is 18.1 Å². The maximum atomic E-state index is 9.24. The van der Waals surface area contributed by atoms with Crippen molar-refractivity contribution < 1.29 is 9.53 Å². The van der Waals surface area contributed by atoms with E-state index in [2.05, 4.69) is 38.8 Å². The molecule has 0 radical (unpaired) electrons. The van der Waals surface area contributed by atoms with Crippen LogP contribution >= 0.6 is 0 Å². The van der Waals surface area contributed by atoms with Gasteiger partial charge >= 0.3 is 0 Å². The lowest BCUT2D eigenvalue weighted by molar-refractivity contribution is 0.276. The SMILES string of the molecule is Cc1c(CO)ncn1-c1ccc(O[Si](C)(C)C(C)(C)C)cc1. The van der Waals surface area contributed by atoms with E-state index in [0.717, 1.165) is 17.1 Å². The molecule has 1 N–H and O–H groups in total. The van der Waals surface area contributed by atoms with Crippen LogP contribution in [0.3, 0.4) is 0 Å². The fraction of sp³-hybridized carbons (Fsp3) is 0.471. The minimum absolute atomic E-state index is 0.0363. The summed E-state index contributed by atoms with van der Waals surface area (Å²) in [6.45, 7) is 13.1. The summed E-state index contributed by atoms with van der Waals surface area (Å²) in [5.41, 5.74) is 2.69. The molecule has 1 aromatic carbocycles. The van der Waals surface area contributed by atoms with Gasteiger partial charge in [0.15, 0.2) is 0 Å². The highest BCUT2D eigenvalue weighted by atomic mass is 28.4. The van der Waals surface area contributed by atoms with E-state index < -0.39 is 8.32 Å². The van der Waals surface area contributed by atoms with Gasteiger partial charge in [-0.15, -0.1) is 0 Å². The quantitative estimate of drug-likeness (QED) is 0.865. The number of nitrogens with zero attached hydrogens (tertiary/aromatic N) is 2. The van der Waals surface area contributed by atoms with Crippen molar-refractivity contribution >= 4 is 8.32 Å². The van der Waals surface area contributed by atoms with Crippen LogP contribution in [0.15, 0.2) is 30.6 Å². The molecule has 2 aromatic rings. The molecule has 0 saturated carbocycles. The normalized spacial score (nSPS) is 12.5. The Kier molecular flexibility index (Phi) is 4.49. The van der Waals surface area contributed by atoms with Crippen molar-refractivity contribution in [3.63, 3.8) is 0 Å². The third-order valence-corrected chi connectivity index (χ3v) is 8.91.